The Morgan fingerprint density at radius 2 is 0.429 bits per heavy atom. The molecule has 374 valence electrons. The summed E-state index contributed by atoms with van der Waals surface area (Å²) in [4.78, 5) is 38.0. The Morgan fingerprint density at radius 3 is 0.635 bits per heavy atom. The van der Waals surface area contributed by atoms with Gasteiger partial charge in [-0.1, -0.05) is 290 Å². The summed E-state index contributed by atoms with van der Waals surface area (Å²) in [7, 11) is 0. The van der Waals surface area contributed by atoms with Crippen molar-refractivity contribution in [3.63, 3.8) is 0 Å². The highest BCUT2D eigenvalue weighted by Gasteiger charge is 2.19. The molecular weight excluding hydrogens is 781 g/mol. The van der Waals surface area contributed by atoms with Crippen molar-refractivity contribution in [1.82, 2.24) is 0 Å². The third kappa shape index (κ3) is 51.3. The normalized spacial score (nSPS) is 11.9. The van der Waals surface area contributed by atoms with Gasteiger partial charge in [0.1, 0.15) is 13.2 Å². The minimum absolute atomic E-state index is 0.0614. The third-order valence-electron chi connectivity index (χ3n) is 13.1. The molecule has 0 N–H and O–H groups in total. The van der Waals surface area contributed by atoms with Crippen LogP contribution < -0.4 is 0 Å². The minimum atomic E-state index is -0.760. The number of rotatable bonds is 53. The standard InChI is InChI=1S/C57H110O6/c1-4-7-10-13-16-19-22-25-26-27-28-29-30-31-32-33-36-38-41-44-47-50-56(59)62-53-54(63-57(60)51-48-45-42-39-35-24-21-18-15-12-9-6-3)52-61-55(58)49-46-43-40-37-34-23-20-17-14-11-8-5-2/h54H,4-53H2,1-3H3/t54-/m0/s1. The highest BCUT2D eigenvalue weighted by Crippen LogP contribution is 2.18. The van der Waals surface area contributed by atoms with E-state index in [-0.39, 0.29) is 31.1 Å². The highest BCUT2D eigenvalue weighted by atomic mass is 16.6. The molecule has 0 fully saturated rings. The van der Waals surface area contributed by atoms with E-state index in [1.807, 2.05) is 0 Å². The van der Waals surface area contributed by atoms with Gasteiger partial charge in [-0.05, 0) is 19.3 Å². The summed E-state index contributed by atoms with van der Waals surface area (Å²) in [5.74, 6) is -0.836. The molecule has 0 radical (unpaired) electrons. The van der Waals surface area contributed by atoms with Crippen molar-refractivity contribution in [1.29, 1.82) is 0 Å². The Hall–Kier alpha value is -1.59. The summed E-state index contributed by atoms with van der Waals surface area (Å²) >= 11 is 0. The summed E-state index contributed by atoms with van der Waals surface area (Å²) in [6.45, 7) is 6.69. The largest absolute Gasteiger partial charge is 0.462 e. The summed E-state index contributed by atoms with van der Waals surface area (Å²) in [6.07, 6.45) is 58.1. The van der Waals surface area contributed by atoms with Gasteiger partial charge in [-0.2, -0.15) is 0 Å². The smallest absolute Gasteiger partial charge is 0.306 e. The Kier molecular flexibility index (Phi) is 51.7. The Morgan fingerprint density at radius 1 is 0.254 bits per heavy atom. The van der Waals surface area contributed by atoms with E-state index in [1.165, 1.54) is 231 Å². The molecule has 6 heteroatoms. The first-order valence-electron chi connectivity index (χ1n) is 28.5. The molecule has 0 aromatic heterocycles. The summed E-state index contributed by atoms with van der Waals surface area (Å²) in [5.41, 5.74) is 0. The van der Waals surface area contributed by atoms with E-state index in [0.29, 0.717) is 19.3 Å². The number of esters is 3. The third-order valence-corrected chi connectivity index (χ3v) is 13.1. The molecule has 0 saturated carbocycles. The molecule has 0 heterocycles. The molecule has 0 aliphatic rings. The van der Waals surface area contributed by atoms with Crippen LogP contribution in [0.4, 0.5) is 0 Å². The van der Waals surface area contributed by atoms with Gasteiger partial charge in [0.25, 0.3) is 0 Å². The van der Waals surface area contributed by atoms with E-state index in [9.17, 15) is 14.4 Å². The number of carbonyl (C=O) groups excluding carboxylic acids is 3. The summed E-state index contributed by atoms with van der Waals surface area (Å²) < 4.78 is 16.8. The zero-order valence-electron chi connectivity index (χ0n) is 42.9. The second kappa shape index (κ2) is 53.0. The lowest BCUT2D eigenvalue weighted by Gasteiger charge is -2.18. The van der Waals surface area contributed by atoms with Gasteiger partial charge in [-0.3, -0.25) is 14.4 Å². The monoisotopic (exact) mass is 891 g/mol. The predicted molar refractivity (Wildman–Crippen MR) is 270 cm³/mol. The van der Waals surface area contributed by atoms with Crippen LogP contribution in [0.3, 0.4) is 0 Å². The van der Waals surface area contributed by atoms with E-state index in [1.54, 1.807) is 0 Å². The van der Waals surface area contributed by atoms with Crippen molar-refractivity contribution in [3.8, 4) is 0 Å². The van der Waals surface area contributed by atoms with Gasteiger partial charge < -0.3 is 14.2 Å². The molecule has 0 spiro atoms. The van der Waals surface area contributed by atoms with Gasteiger partial charge in [0, 0.05) is 19.3 Å². The SMILES string of the molecule is CCCCCCCCCCCCCCCCCCCCCCCC(=O)OC[C@H](COC(=O)CCCCCCCCCCCCCC)OC(=O)CCCCCCCCCCCCCC. The second-order valence-corrected chi connectivity index (χ2v) is 19.6. The van der Waals surface area contributed by atoms with Crippen LogP contribution in [0.25, 0.3) is 0 Å². The van der Waals surface area contributed by atoms with Crippen LogP contribution in [0.2, 0.25) is 0 Å². The summed E-state index contributed by atoms with van der Waals surface area (Å²) in [6, 6.07) is 0. The highest BCUT2D eigenvalue weighted by molar-refractivity contribution is 5.71. The van der Waals surface area contributed by atoms with Crippen LogP contribution in [-0.4, -0.2) is 37.2 Å². The fourth-order valence-corrected chi connectivity index (χ4v) is 8.80. The molecule has 63 heavy (non-hydrogen) atoms. The van der Waals surface area contributed by atoms with Crippen molar-refractivity contribution in [2.45, 2.75) is 335 Å². The van der Waals surface area contributed by atoms with Crippen molar-refractivity contribution < 1.29 is 28.6 Å². The van der Waals surface area contributed by atoms with Crippen molar-refractivity contribution in [3.05, 3.63) is 0 Å². The minimum Gasteiger partial charge on any atom is -0.462 e. The molecule has 0 rings (SSSR count). The van der Waals surface area contributed by atoms with Gasteiger partial charge in [-0.25, -0.2) is 0 Å². The molecule has 1 atom stereocenters. The Bertz CT molecular complexity index is 936. The molecule has 0 amide bonds. The first-order chi connectivity index (χ1) is 31.0. The zero-order valence-corrected chi connectivity index (χ0v) is 42.9. The lowest BCUT2D eigenvalue weighted by Crippen LogP contribution is -2.30. The number of unbranched alkanes of at least 4 members (excludes halogenated alkanes) is 42. The van der Waals surface area contributed by atoms with E-state index in [2.05, 4.69) is 20.8 Å². The van der Waals surface area contributed by atoms with E-state index >= 15 is 0 Å². The lowest BCUT2D eigenvalue weighted by atomic mass is 10.0. The van der Waals surface area contributed by atoms with Crippen LogP contribution in [-0.2, 0) is 28.6 Å². The van der Waals surface area contributed by atoms with E-state index < -0.39 is 6.10 Å². The first-order valence-corrected chi connectivity index (χ1v) is 28.5. The van der Waals surface area contributed by atoms with Crippen LogP contribution in [0.15, 0.2) is 0 Å². The van der Waals surface area contributed by atoms with Crippen molar-refractivity contribution in [2.75, 3.05) is 13.2 Å². The molecule has 0 saturated heterocycles. The van der Waals surface area contributed by atoms with Gasteiger partial charge in [0.05, 0.1) is 0 Å². The molecule has 0 unspecified atom stereocenters. The average molecular weight is 892 g/mol. The van der Waals surface area contributed by atoms with E-state index in [0.717, 1.165) is 57.8 Å². The van der Waals surface area contributed by atoms with Gasteiger partial charge >= 0.3 is 17.9 Å². The lowest BCUT2D eigenvalue weighted by molar-refractivity contribution is -0.167. The maximum Gasteiger partial charge on any atom is 0.306 e. The number of carbonyl (C=O) groups is 3. The molecule has 0 aliphatic carbocycles. The zero-order chi connectivity index (χ0) is 45.8. The molecule has 0 bridgehead atoms. The fraction of sp³-hybridized carbons (Fsp3) is 0.947. The maximum atomic E-state index is 12.8. The number of ether oxygens (including phenoxy) is 3. The second-order valence-electron chi connectivity index (χ2n) is 19.6. The van der Waals surface area contributed by atoms with Crippen molar-refractivity contribution >= 4 is 17.9 Å². The fourth-order valence-electron chi connectivity index (χ4n) is 8.80. The van der Waals surface area contributed by atoms with Crippen LogP contribution in [0.5, 0.6) is 0 Å². The molecule has 0 aliphatic heterocycles. The van der Waals surface area contributed by atoms with E-state index in [4.69, 9.17) is 14.2 Å². The topological polar surface area (TPSA) is 78.9 Å². The van der Waals surface area contributed by atoms with Crippen LogP contribution in [0.1, 0.15) is 329 Å². The molecule has 6 nitrogen and oxygen atoms in total. The van der Waals surface area contributed by atoms with Gasteiger partial charge in [-0.15, -0.1) is 0 Å². The Balaban J connectivity index is 4.20. The van der Waals surface area contributed by atoms with Crippen LogP contribution >= 0.6 is 0 Å². The predicted octanol–water partition coefficient (Wildman–Crippen LogP) is 18.8. The molecule has 0 aromatic carbocycles. The summed E-state index contributed by atoms with van der Waals surface area (Å²) in [5, 5.41) is 0. The molecule has 0 aromatic rings. The first kappa shape index (κ1) is 61.4. The van der Waals surface area contributed by atoms with Gasteiger partial charge in [0.2, 0.25) is 0 Å². The number of hydrogen-bond acceptors (Lipinski definition) is 6. The molecular formula is C57H110O6. The van der Waals surface area contributed by atoms with Crippen LogP contribution in [0, 0.1) is 0 Å². The quantitative estimate of drug-likeness (QED) is 0.0344. The average Bonchev–Trinajstić information content (AvgIpc) is 3.28. The van der Waals surface area contributed by atoms with Crippen molar-refractivity contribution in [2.24, 2.45) is 0 Å². The number of hydrogen-bond donors (Lipinski definition) is 0. The maximum absolute atomic E-state index is 12.8. The van der Waals surface area contributed by atoms with Gasteiger partial charge in [0.15, 0.2) is 6.10 Å². The Labute approximate surface area is 393 Å².